The number of hydrogen-bond donors (Lipinski definition) is 0. The van der Waals surface area contributed by atoms with Gasteiger partial charge in [0.1, 0.15) is 0 Å². The van der Waals surface area contributed by atoms with Gasteiger partial charge >= 0.3 is 0 Å². The van der Waals surface area contributed by atoms with Crippen LogP contribution in [-0.4, -0.2) is 23.4 Å². The summed E-state index contributed by atoms with van der Waals surface area (Å²) in [5.74, 6) is 1.33. The van der Waals surface area contributed by atoms with Gasteiger partial charge in [-0.1, -0.05) is 24.6 Å². The van der Waals surface area contributed by atoms with E-state index in [9.17, 15) is 0 Å². The molecule has 1 aromatic heterocycles. The van der Waals surface area contributed by atoms with Gasteiger partial charge in [-0.3, -0.25) is 0 Å². The lowest BCUT2D eigenvalue weighted by atomic mass is 9.82. The Kier molecular flexibility index (Phi) is 3.11. The van der Waals surface area contributed by atoms with Crippen molar-refractivity contribution in [3.63, 3.8) is 0 Å². The van der Waals surface area contributed by atoms with Gasteiger partial charge in [-0.2, -0.15) is 0 Å². The Morgan fingerprint density at radius 2 is 1.95 bits per heavy atom. The van der Waals surface area contributed by atoms with E-state index in [1.54, 1.807) is 0 Å². The van der Waals surface area contributed by atoms with Gasteiger partial charge in [0.15, 0.2) is 0 Å². The molecule has 4 heteroatoms. The molecule has 1 aliphatic rings. The van der Waals surface area contributed by atoms with Crippen molar-refractivity contribution < 1.29 is 9.15 Å². The highest BCUT2D eigenvalue weighted by atomic mass is 16.5. The van der Waals surface area contributed by atoms with Crippen LogP contribution in [0.15, 0.2) is 28.7 Å². The van der Waals surface area contributed by atoms with E-state index >= 15 is 0 Å². The molecule has 1 aliphatic heterocycles. The van der Waals surface area contributed by atoms with E-state index in [2.05, 4.69) is 36.2 Å². The third-order valence-electron chi connectivity index (χ3n) is 3.80. The van der Waals surface area contributed by atoms with Gasteiger partial charge in [0.2, 0.25) is 11.8 Å². The molecule has 0 radical (unpaired) electrons. The summed E-state index contributed by atoms with van der Waals surface area (Å²) >= 11 is 0. The van der Waals surface area contributed by atoms with E-state index in [-0.39, 0.29) is 5.41 Å². The number of rotatable bonds is 2. The number of benzene rings is 1. The highest BCUT2D eigenvalue weighted by Gasteiger charge is 2.34. The minimum atomic E-state index is -0.0483. The second-order valence-corrected chi connectivity index (χ2v) is 5.45. The number of nitrogens with zero attached hydrogens (tertiary/aromatic N) is 2. The molecule has 3 rings (SSSR count). The molecule has 0 spiro atoms. The fourth-order valence-electron chi connectivity index (χ4n) is 2.40. The normalized spacial score (nSPS) is 18.4. The molecule has 0 amide bonds. The summed E-state index contributed by atoms with van der Waals surface area (Å²) in [7, 11) is 0. The van der Waals surface area contributed by atoms with Crippen molar-refractivity contribution in [3.8, 4) is 11.5 Å². The van der Waals surface area contributed by atoms with Crippen molar-refractivity contribution in [2.45, 2.75) is 32.1 Å². The second-order valence-electron chi connectivity index (χ2n) is 5.45. The van der Waals surface area contributed by atoms with E-state index in [0.29, 0.717) is 5.89 Å². The molecule has 1 saturated heterocycles. The van der Waals surface area contributed by atoms with Crippen molar-refractivity contribution in [2.75, 3.05) is 13.2 Å². The fraction of sp³-hybridized carbons (Fsp3) is 0.467. The molecule has 1 aromatic carbocycles. The van der Waals surface area contributed by atoms with Crippen LogP contribution in [0.1, 0.15) is 31.2 Å². The van der Waals surface area contributed by atoms with Crippen LogP contribution in [-0.2, 0) is 10.2 Å². The maximum absolute atomic E-state index is 5.89. The van der Waals surface area contributed by atoms with Crippen LogP contribution in [0.4, 0.5) is 0 Å². The van der Waals surface area contributed by atoms with Gasteiger partial charge in [0, 0.05) is 18.8 Å². The summed E-state index contributed by atoms with van der Waals surface area (Å²) in [6, 6.07) is 8.12. The van der Waals surface area contributed by atoms with Crippen LogP contribution in [0, 0.1) is 6.92 Å². The zero-order valence-corrected chi connectivity index (χ0v) is 11.3. The summed E-state index contributed by atoms with van der Waals surface area (Å²) in [6.07, 6.45) is 1.87. The molecule has 19 heavy (non-hydrogen) atoms. The molecule has 0 saturated carbocycles. The summed E-state index contributed by atoms with van der Waals surface area (Å²) in [6.45, 7) is 5.75. The van der Waals surface area contributed by atoms with Crippen LogP contribution in [0.2, 0.25) is 0 Å². The third-order valence-corrected chi connectivity index (χ3v) is 3.80. The van der Waals surface area contributed by atoms with E-state index in [0.717, 1.165) is 37.5 Å². The molecule has 2 heterocycles. The second kappa shape index (κ2) is 4.78. The molecule has 0 atom stereocenters. The van der Waals surface area contributed by atoms with Gasteiger partial charge in [0.05, 0.1) is 5.41 Å². The Balaban J connectivity index is 1.91. The van der Waals surface area contributed by atoms with Crippen LogP contribution < -0.4 is 0 Å². The van der Waals surface area contributed by atoms with Gasteiger partial charge in [-0.25, -0.2) is 0 Å². The summed E-state index contributed by atoms with van der Waals surface area (Å²) in [5.41, 5.74) is 2.12. The van der Waals surface area contributed by atoms with Crippen molar-refractivity contribution >= 4 is 0 Å². The van der Waals surface area contributed by atoms with Crippen molar-refractivity contribution in [1.29, 1.82) is 0 Å². The largest absolute Gasteiger partial charge is 0.420 e. The van der Waals surface area contributed by atoms with Crippen LogP contribution in [0.5, 0.6) is 0 Å². The highest BCUT2D eigenvalue weighted by Crippen LogP contribution is 2.34. The van der Waals surface area contributed by atoms with Crippen LogP contribution in [0.25, 0.3) is 11.5 Å². The van der Waals surface area contributed by atoms with Crippen molar-refractivity contribution in [3.05, 3.63) is 35.7 Å². The lowest BCUT2D eigenvalue weighted by Crippen LogP contribution is -2.30. The van der Waals surface area contributed by atoms with Gasteiger partial charge in [-0.05, 0) is 31.9 Å². The molecule has 100 valence electrons. The topological polar surface area (TPSA) is 48.2 Å². The smallest absolute Gasteiger partial charge is 0.247 e. The zero-order chi connectivity index (χ0) is 13.3. The number of hydrogen-bond acceptors (Lipinski definition) is 4. The monoisotopic (exact) mass is 258 g/mol. The SMILES string of the molecule is Cc1cccc(-c2nnc(C3(C)CCOCC3)o2)c1. The van der Waals surface area contributed by atoms with Crippen molar-refractivity contribution in [1.82, 2.24) is 10.2 Å². The maximum atomic E-state index is 5.89. The van der Waals surface area contributed by atoms with Crippen molar-refractivity contribution in [2.24, 2.45) is 0 Å². The van der Waals surface area contributed by atoms with E-state index in [4.69, 9.17) is 9.15 Å². The van der Waals surface area contributed by atoms with E-state index < -0.39 is 0 Å². The van der Waals surface area contributed by atoms with Crippen LogP contribution >= 0.6 is 0 Å². The fourth-order valence-corrected chi connectivity index (χ4v) is 2.40. The third kappa shape index (κ3) is 2.40. The predicted octanol–water partition coefficient (Wildman–Crippen LogP) is 3.11. The van der Waals surface area contributed by atoms with Gasteiger partial charge < -0.3 is 9.15 Å². The molecule has 2 aromatic rings. The quantitative estimate of drug-likeness (QED) is 0.830. The first-order chi connectivity index (χ1) is 9.17. The lowest BCUT2D eigenvalue weighted by Gasteiger charge is -2.29. The first-order valence-corrected chi connectivity index (χ1v) is 6.66. The Morgan fingerprint density at radius 3 is 2.68 bits per heavy atom. The van der Waals surface area contributed by atoms with E-state index in [1.807, 2.05) is 12.1 Å². The Bertz CT molecular complexity index is 571. The number of aromatic nitrogens is 2. The summed E-state index contributed by atoms with van der Waals surface area (Å²) < 4.78 is 11.3. The molecule has 0 aliphatic carbocycles. The number of aryl methyl sites for hydroxylation is 1. The minimum absolute atomic E-state index is 0.0483. The highest BCUT2D eigenvalue weighted by molar-refractivity contribution is 5.53. The Labute approximate surface area is 112 Å². The number of ether oxygens (including phenoxy) is 1. The minimum Gasteiger partial charge on any atom is -0.420 e. The lowest BCUT2D eigenvalue weighted by molar-refractivity contribution is 0.0471. The molecule has 4 nitrogen and oxygen atoms in total. The summed E-state index contributed by atoms with van der Waals surface area (Å²) in [5, 5.41) is 8.44. The predicted molar refractivity (Wildman–Crippen MR) is 71.9 cm³/mol. The molecule has 0 N–H and O–H groups in total. The molecular weight excluding hydrogens is 240 g/mol. The van der Waals surface area contributed by atoms with Gasteiger partial charge in [0.25, 0.3) is 0 Å². The standard InChI is InChI=1S/C15H18N2O2/c1-11-4-3-5-12(10-11)13-16-17-14(19-13)15(2)6-8-18-9-7-15/h3-5,10H,6-9H2,1-2H3. The summed E-state index contributed by atoms with van der Waals surface area (Å²) in [4.78, 5) is 0. The first-order valence-electron chi connectivity index (χ1n) is 6.66. The molecule has 1 fully saturated rings. The Morgan fingerprint density at radius 1 is 1.16 bits per heavy atom. The van der Waals surface area contributed by atoms with E-state index in [1.165, 1.54) is 5.56 Å². The average molecular weight is 258 g/mol. The first kappa shape index (κ1) is 12.4. The Hall–Kier alpha value is -1.68. The zero-order valence-electron chi connectivity index (χ0n) is 11.3. The van der Waals surface area contributed by atoms with Gasteiger partial charge in [-0.15, -0.1) is 10.2 Å². The van der Waals surface area contributed by atoms with Crippen LogP contribution in [0.3, 0.4) is 0 Å². The molecule has 0 unspecified atom stereocenters. The molecule has 0 bridgehead atoms. The maximum Gasteiger partial charge on any atom is 0.247 e. The average Bonchev–Trinajstić information content (AvgIpc) is 2.90. The molecular formula is C15H18N2O2.